The van der Waals surface area contributed by atoms with Crippen LogP contribution in [0.4, 0.5) is 5.69 Å². The fraction of sp³-hybridized carbons (Fsp3) is 0.233. The minimum atomic E-state index is -0.237. The Balaban J connectivity index is 1.33. The summed E-state index contributed by atoms with van der Waals surface area (Å²) in [6, 6.07) is 27.4. The number of anilines is 1. The number of carbonyl (C=O) groups excluding carboxylic acids is 2. The van der Waals surface area contributed by atoms with E-state index >= 15 is 0 Å². The normalized spacial score (nSPS) is 20.6. The summed E-state index contributed by atoms with van der Waals surface area (Å²) in [6.07, 6.45) is 4.08. The van der Waals surface area contributed by atoms with Gasteiger partial charge in [0, 0.05) is 24.0 Å². The van der Waals surface area contributed by atoms with Crippen LogP contribution in [-0.4, -0.2) is 16.8 Å². The van der Waals surface area contributed by atoms with Gasteiger partial charge in [0.25, 0.3) is 5.91 Å². The van der Waals surface area contributed by atoms with E-state index in [0.717, 1.165) is 28.4 Å². The molecule has 1 aliphatic carbocycles. The van der Waals surface area contributed by atoms with Crippen molar-refractivity contribution in [1.82, 2.24) is 10.3 Å². The van der Waals surface area contributed by atoms with E-state index in [2.05, 4.69) is 28.6 Å². The van der Waals surface area contributed by atoms with Gasteiger partial charge in [0.05, 0.1) is 11.6 Å². The zero-order valence-electron chi connectivity index (χ0n) is 19.9. The Bertz CT molecular complexity index is 1360. The summed E-state index contributed by atoms with van der Waals surface area (Å²) in [5, 5.41) is 8.57. The van der Waals surface area contributed by atoms with Gasteiger partial charge in [0.15, 0.2) is 0 Å². The molecule has 4 atom stereocenters. The highest BCUT2D eigenvalue weighted by Gasteiger charge is 2.59. The van der Waals surface area contributed by atoms with Crippen LogP contribution in [0.5, 0.6) is 0 Å². The fourth-order valence-corrected chi connectivity index (χ4v) is 5.19. The molecule has 2 N–H and O–H groups in total. The highest BCUT2D eigenvalue weighted by molar-refractivity contribution is 5.96. The van der Waals surface area contributed by atoms with Gasteiger partial charge in [-0.1, -0.05) is 74.5 Å². The quantitative estimate of drug-likeness (QED) is 0.353. The van der Waals surface area contributed by atoms with Crippen LogP contribution >= 0.6 is 0 Å². The number of fused-ring (bicyclic) bond motifs is 1. The number of carbonyl (C=O) groups is 2. The molecule has 3 unspecified atom stereocenters. The van der Waals surface area contributed by atoms with E-state index in [1.807, 2.05) is 73.7 Å². The van der Waals surface area contributed by atoms with Crippen molar-refractivity contribution in [3.8, 4) is 0 Å². The van der Waals surface area contributed by atoms with Crippen molar-refractivity contribution in [3.63, 3.8) is 0 Å². The Morgan fingerprint density at radius 1 is 0.943 bits per heavy atom. The third kappa shape index (κ3) is 4.67. The molecule has 0 saturated heterocycles. The number of hydrogen-bond donors (Lipinski definition) is 2. The van der Waals surface area contributed by atoms with Crippen LogP contribution in [0.1, 0.15) is 42.2 Å². The first-order chi connectivity index (χ1) is 17.0. The predicted molar refractivity (Wildman–Crippen MR) is 139 cm³/mol. The molecule has 1 fully saturated rings. The van der Waals surface area contributed by atoms with E-state index in [1.165, 1.54) is 0 Å². The van der Waals surface area contributed by atoms with Crippen molar-refractivity contribution in [3.05, 3.63) is 108 Å². The molecule has 35 heavy (non-hydrogen) atoms. The highest BCUT2D eigenvalue weighted by atomic mass is 16.2. The van der Waals surface area contributed by atoms with Crippen molar-refractivity contribution in [1.29, 1.82) is 0 Å². The monoisotopic (exact) mass is 463 g/mol. The first-order valence-electron chi connectivity index (χ1n) is 12.0. The van der Waals surface area contributed by atoms with E-state index in [9.17, 15) is 9.59 Å². The molecule has 0 aliphatic heterocycles. The van der Waals surface area contributed by atoms with Crippen LogP contribution in [0.3, 0.4) is 0 Å². The second-order valence-electron chi connectivity index (χ2n) is 9.72. The van der Waals surface area contributed by atoms with Crippen LogP contribution in [0.2, 0.25) is 0 Å². The minimum Gasteiger partial charge on any atom is -0.345 e. The number of rotatable bonds is 7. The maximum absolute atomic E-state index is 13.2. The summed E-state index contributed by atoms with van der Waals surface area (Å²) in [7, 11) is 0. The molecule has 1 aromatic heterocycles. The maximum atomic E-state index is 13.2. The molecule has 1 saturated carbocycles. The molecule has 5 heteroatoms. The van der Waals surface area contributed by atoms with E-state index in [4.69, 9.17) is 0 Å². The highest BCUT2D eigenvalue weighted by Crippen LogP contribution is 2.63. The van der Waals surface area contributed by atoms with E-state index < -0.39 is 0 Å². The summed E-state index contributed by atoms with van der Waals surface area (Å²) < 4.78 is 0. The van der Waals surface area contributed by atoms with Gasteiger partial charge in [0.1, 0.15) is 0 Å². The molecule has 5 rings (SSSR count). The van der Waals surface area contributed by atoms with Gasteiger partial charge in [0.2, 0.25) is 5.91 Å². The summed E-state index contributed by atoms with van der Waals surface area (Å²) in [5.41, 5.74) is 2.12. The minimum absolute atomic E-state index is 0.000552. The number of pyridine rings is 1. The Hall–Kier alpha value is -3.99. The van der Waals surface area contributed by atoms with Gasteiger partial charge in [-0.3, -0.25) is 14.6 Å². The average Bonchev–Trinajstić information content (AvgIpc) is 3.59. The third-order valence-electron chi connectivity index (χ3n) is 7.37. The molecule has 1 heterocycles. The molecule has 2 amide bonds. The average molecular weight is 464 g/mol. The molecule has 3 aromatic carbocycles. The number of benzene rings is 3. The van der Waals surface area contributed by atoms with E-state index in [-0.39, 0.29) is 35.1 Å². The number of hydrogen-bond acceptors (Lipinski definition) is 3. The molecule has 176 valence electrons. The third-order valence-corrected chi connectivity index (χ3v) is 7.37. The summed E-state index contributed by atoms with van der Waals surface area (Å²) in [4.78, 5) is 30.3. The Labute approximate surface area is 205 Å². The lowest BCUT2D eigenvalue weighted by Crippen LogP contribution is -2.35. The SMILES string of the molecule is CC(C(=O)Nc1ccc2ccccc2c1)C1C[C@@]1(C)C(NC(=O)c1cccnc1)c1ccccc1. The summed E-state index contributed by atoms with van der Waals surface area (Å²) in [6.45, 7) is 4.15. The number of amides is 2. The lowest BCUT2D eigenvalue weighted by molar-refractivity contribution is -0.120. The number of nitrogens with one attached hydrogen (secondary N) is 2. The standard InChI is InChI=1S/C30H29N3O2/c1-20(28(34)32-25-15-14-21-9-6-7-12-23(21)17-25)26-18-30(26,2)27(22-10-4-3-5-11-22)33-29(35)24-13-8-16-31-19-24/h3-17,19-20,26-27H,18H2,1-2H3,(H,32,34)(H,33,35)/t20?,26?,27?,30-/m1/s1. The lowest BCUT2D eigenvalue weighted by Gasteiger charge is -2.28. The fourth-order valence-electron chi connectivity index (χ4n) is 5.19. The zero-order chi connectivity index (χ0) is 24.4. The van der Waals surface area contributed by atoms with E-state index in [0.29, 0.717) is 5.56 Å². The zero-order valence-corrected chi connectivity index (χ0v) is 19.9. The molecular formula is C30H29N3O2. The first kappa shape index (κ1) is 22.8. The van der Waals surface area contributed by atoms with Gasteiger partial charge in [-0.05, 0) is 58.4 Å². The van der Waals surface area contributed by atoms with Crippen molar-refractivity contribution in [2.75, 3.05) is 5.32 Å². The van der Waals surface area contributed by atoms with Crippen LogP contribution < -0.4 is 10.6 Å². The van der Waals surface area contributed by atoms with Crippen LogP contribution in [0.25, 0.3) is 10.8 Å². The topological polar surface area (TPSA) is 71.1 Å². The number of nitrogens with zero attached hydrogens (tertiary/aromatic N) is 1. The summed E-state index contributed by atoms with van der Waals surface area (Å²) in [5.74, 6) is -0.221. The molecule has 0 radical (unpaired) electrons. The Morgan fingerprint density at radius 2 is 1.69 bits per heavy atom. The van der Waals surface area contributed by atoms with Crippen molar-refractivity contribution >= 4 is 28.3 Å². The van der Waals surface area contributed by atoms with Crippen LogP contribution in [-0.2, 0) is 4.79 Å². The van der Waals surface area contributed by atoms with Gasteiger partial charge in [-0.25, -0.2) is 0 Å². The van der Waals surface area contributed by atoms with Crippen molar-refractivity contribution < 1.29 is 9.59 Å². The number of aromatic nitrogens is 1. The Morgan fingerprint density at radius 3 is 2.43 bits per heavy atom. The Kier molecular flexibility index (Phi) is 6.08. The van der Waals surface area contributed by atoms with Crippen LogP contribution in [0.15, 0.2) is 97.3 Å². The van der Waals surface area contributed by atoms with Crippen molar-refractivity contribution in [2.45, 2.75) is 26.3 Å². The van der Waals surface area contributed by atoms with Gasteiger partial charge < -0.3 is 10.6 Å². The smallest absolute Gasteiger partial charge is 0.253 e. The molecule has 0 spiro atoms. The predicted octanol–water partition coefficient (Wildman–Crippen LogP) is 6.01. The van der Waals surface area contributed by atoms with Crippen LogP contribution in [0, 0.1) is 17.3 Å². The van der Waals surface area contributed by atoms with Crippen molar-refractivity contribution in [2.24, 2.45) is 17.3 Å². The second-order valence-corrected chi connectivity index (χ2v) is 9.72. The van der Waals surface area contributed by atoms with E-state index in [1.54, 1.807) is 24.5 Å². The van der Waals surface area contributed by atoms with Gasteiger partial charge in [-0.2, -0.15) is 0 Å². The van der Waals surface area contributed by atoms with Gasteiger partial charge >= 0.3 is 0 Å². The maximum Gasteiger partial charge on any atom is 0.253 e. The molecule has 5 nitrogen and oxygen atoms in total. The summed E-state index contributed by atoms with van der Waals surface area (Å²) >= 11 is 0. The molecule has 0 bridgehead atoms. The molecular weight excluding hydrogens is 434 g/mol. The molecule has 4 aromatic rings. The lowest BCUT2D eigenvalue weighted by atomic mass is 9.86. The van der Waals surface area contributed by atoms with Gasteiger partial charge in [-0.15, -0.1) is 0 Å². The first-order valence-corrected chi connectivity index (χ1v) is 12.0. The largest absolute Gasteiger partial charge is 0.345 e. The molecule has 1 aliphatic rings. The second kappa shape index (κ2) is 9.34.